The lowest BCUT2D eigenvalue weighted by Crippen LogP contribution is -2.37. The molecule has 0 atom stereocenters. The van der Waals surface area contributed by atoms with Crippen molar-refractivity contribution < 1.29 is 14.6 Å². The summed E-state index contributed by atoms with van der Waals surface area (Å²) in [5.41, 5.74) is 2.69. The monoisotopic (exact) mass is 487 g/mol. The van der Waals surface area contributed by atoms with Gasteiger partial charge >= 0.3 is 11.7 Å². The number of carboxylic acids is 1. The molecule has 2 heterocycles. The van der Waals surface area contributed by atoms with E-state index < -0.39 is 11.6 Å². The van der Waals surface area contributed by atoms with Gasteiger partial charge in [0.25, 0.3) is 0 Å². The van der Waals surface area contributed by atoms with Gasteiger partial charge in [-0.25, -0.2) is 9.59 Å². The molecule has 4 aromatic rings. The Hall–Kier alpha value is -3.87. The van der Waals surface area contributed by atoms with Crippen LogP contribution in [-0.4, -0.2) is 30.8 Å². The van der Waals surface area contributed by atoms with Crippen LogP contribution in [0.15, 0.2) is 71.7 Å². The molecule has 0 aliphatic carbocycles. The molecule has 7 heteroatoms. The fourth-order valence-corrected chi connectivity index (χ4v) is 4.27. The first kappa shape index (κ1) is 25.2. The molecule has 0 bridgehead atoms. The second-order valence-electron chi connectivity index (χ2n) is 9.59. The number of para-hydroxylation sites is 1. The second kappa shape index (κ2) is 10.8. The van der Waals surface area contributed by atoms with Crippen LogP contribution in [0.1, 0.15) is 50.6 Å². The van der Waals surface area contributed by atoms with Crippen molar-refractivity contribution >= 4 is 16.9 Å². The first-order valence-corrected chi connectivity index (χ1v) is 12.4. The molecule has 0 spiro atoms. The molecule has 0 saturated carbocycles. The van der Waals surface area contributed by atoms with Crippen LogP contribution < -0.4 is 10.4 Å². The number of carboxylic acid groups (broad SMARTS) is 1. The van der Waals surface area contributed by atoms with E-state index in [2.05, 4.69) is 6.92 Å². The molecule has 4 rings (SSSR count). The summed E-state index contributed by atoms with van der Waals surface area (Å²) in [7, 11) is 0. The largest absolute Gasteiger partial charge is 0.478 e. The molecule has 0 amide bonds. The van der Waals surface area contributed by atoms with Crippen LogP contribution in [0.3, 0.4) is 0 Å². The number of hydrogen-bond acceptors (Lipinski definition) is 4. The van der Waals surface area contributed by atoms with Gasteiger partial charge in [-0.2, -0.15) is 0 Å². The van der Waals surface area contributed by atoms with Gasteiger partial charge in [0, 0.05) is 23.8 Å². The third-order valence-corrected chi connectivity index (χ3v) is 6.27. The number of aromatic nitrogens is 3. The highest BCUT2D eigenvalue weighted by Crippen LogP contribution is 2.20. The van der Waals surface area contributed by atoms with E-state index in [0.717, 1.165) is 53.5 Å². The molecule has 36 heavy (non-hydrogen) atoms. The molecule has 0 saturated heterocycles. The molecule has 0 aliphatic heterocycles. The number of benzene rings is 2. The standard InChI is InChI=1S/C29H33N3O4/c1-4-18-32-24(10-7-8-21-12-16-25(17-13-21)36-29(2,3)27(33)34)20-31(28(32)35)19-23-15-14-22-9-5-6-11-26(22)30-23/h5-6,9,11-17,20H,4,7-8,10,18-19H2,1-3H3,(H,33,34). The fraction of sp³-hybridized carbons (Fsp3) is 0.345. The fourth-order valence-electron chi connectivity index (χ4n) is 4.27. The van der Waals surface area contributed by atoms with Crippen LogP contribution in [0.4, 0.5) is 0 Å². The molecule has 0 aliphatic rings. The van der Waals surface area contributed by atoms with Crippen molar-refractivity contribution in [2.75, 3.05) is 0 Å². The second-order valence-corrected chi connectivity index (χ2v) is 9.59. The molecule has 2 aromatic carbocycles. The van der Waals surface area contributed by atoms with Gasteiger partial charge in [0.1, 0.15) is 5.75 Å². The molecule has 0 unspecified atom stereocenters. The van der Waals surface area contributed by atoms with E-state index in [-0.39, 0.29) is 5.69 Å². The zero-order chi connectivity index (χ0) is 25.7. The molecule has 0 fully saturated rings. The lowest BCUT2D eigenvalue weighted by atomic mass is 10.1. The summed E-state index contributed by atoms with van der Waals surface area (Å²) < 4.78 is 9.22. The highest BCUT2D eigenvalue weighted by atomic mass is 16.5. The average molecular weight is 488 g/mol. The van der Waals surface area contributed by atoms with Gasteiger partial charge in [0.2, 0.25) is 0 Å². The number of fused-ring (bicyclic) bond motifs is 1. The molecule has 1 N–H and O–H groups in total. The highest BCUT2D eigenvalue weighted by Gasteiger charge is 2.29. The first-order valence-electron chi connectivity index (χ1n) is 12.4. The molecule has 0 radical (unpaired) electrons. The number of aryl methyl sites for hydroxylation is 2. The number of ether oxygens (including phenoxy) is 1. The molecular formula is C29H33N3O4. The van der Waals surface area contributed by atoms with Gasteiger partial charge in [0.15, 0.2) is 5.60 Å². The van der Waals surface area contributed by atoms with Crippen molar-refractivity contribution in [1.82, 2.24) is 14.1 Å². The Balaban J connectivity index is 1.42. The predicted octanol–water partition coefficient (Wildman–Crippen LogP) is 5.07. The smallest absolute Gasteiger partial charge is 0.347 e. The van der Waals surface area contributed by atoms with Gasteiger partial charge in [-0.15, -0.1) is 0 Å². The average Bonchev–Trinajstić information content (AvgIpc) is 3.14. The predicted molar refractivity (Wildman–Crippen MR) is 141 cm³/mol. The summed E-state index contributed by atoms with van der Waals surface area (Å²) in [6.45, 7) is 6.27. The van der Waals surface area contributed by atoms with Crippen molar-refractivity contribution in [3.63, 3.8) is 0 Å². The SMILES string of the molecule is CCCn1c(CCCc2ccc(OC(C)(C)C(=O)O)cc2)cn(Cc2ccc3ccccc3n2)c1=O. The minimum Gasteiger partial charge on any atom is -0.478 e. The minimum absolute atomic E-state index is 0.00403. The Morgan fingerprint density at radius 1 is 1.03 bits per heavy atom. The van der Waals surface area contributed by atoms with E-state index in [9.17, 15) is 14.7 Å². The normalized spacial score (nSPS) is 11.6. The number of carbonyl (C=O) groups is 1. The van der Waals surface area contributed by atoms with Crippen molar-refractivity contribution in [3.05, 3.63) is 94.3 Å². The lowest BCUT2D eigenvalue weighted by molar-refractivity contribution is -0.152. The van der Waals surface area contributed by atoms with Crippen molar-refractivity contribution in [2.45, 2.75) is 65.1 Å². The van der Waals surface area contributed by atoms with Crippen molar-refractivity contribution in [1.29, 1.82) is 0 Å². The van der Waals surface area contributed by atoms with Crippen molar-refractivity contribution in [3.8, 4) is 5.75 Å². The Kier molecular flexibility index (Phi) is 7.58. The summed E-state index contributed by atoms with van der Waals surface area (Å²) in [4.78, 5) is 29.1. The molecule has 188 valence electrons. The van der Waals surface area contributed by atoms with E-state index in [1.54, 1.807) is 16.7 Å². The van der Waals surface area contributed by atoms with E-state index in [1.165, 1.54) is 13.8 Å². The number of rotatable bonds is 11. The topological polar surface area (TPSA) is 86.3 Å². The lowest BCUT2D eigenvalue weighted by Gasteiger charge is -2.21. The number of aliphatic carboxylic acids is 1. The van der Waals surface area contributed by atoms with Gasteiger partial charge in [0.05, 0.1) is 17.8 Å². The first-order chi connectivity index (χ1) is 17.3. The van der Waals surface area contributed by atoms with Crippen LogP contribution in [-0.2, 0) is 30.7 Å². The summed E-state index contributed by atoms with van der Waals surface area (Å²) in [5, 5.41) is 10.3. The van der Waals surface area contributed by atoms with Crippen LogP contribution in [0.25, 0.3) is 10.9 Å². The summed E-state index contributed by atoms with van der Waals surface area (Å²) in [5.74, 6) is -0.477. The van der Waals surface area contributed by atoms with Crippen LogP contribution in [0.2, 0.25) is 0 Å². The number of pyridine rings is 1. The van der Waals surface area contributed by atoms with Crippen molar-refractivity contribution in [2.24, 2.45) is 0 Å². The van der Waals surface area contributed by atoms with Gasteiger partial charge in [-0.3, -0.25) is 14.1 Å². The maximum atomic E-state index is 13.1. The summed E-state index contributed by atoms with van der Waals surface area (Å²) in [6, 6.07) is 19.5. The molecule has 2 aromatic heterocycles. The number of hydrogen-bond donors (Lipinski definition) is 1. The summed E-state index contributed by atoms with van der Waals surface area (Å²) in [6.07, 6.45) is 5.39. The van der Waals surface area contributed by atoms with Gasteiger partial charge in [-0.05, 0) is 69.4 Å². The Labute approximate surface area is 211 Å². The van der Waals surface area contributed by atoms with Gasteiger partial charge < -0.3 is 9.84 Å². The maximum Gasteiger partial charge on any atom is 0.347 e. The summed E-state index contributed by atoms with van der Waals surface area (Å²) >= 11 is 0. The van der Waals surface area contributed by atoms with E-state index in [4.69, 9.17) is 9.72 Å². The van der Waals surface area contributed by atoms with E-state index >= 15 is 0 Å². The van der Waals surface area contributed by atoms with Gasteiger partial charge in [-0.1, -0.05) is 43.3 Å². The quantitative estimate of drug-likeness (QED) is 0.319. The third-order valence-electron chi connectivity index (χ3n) is 6.27. The third kappa shape index (κ3) is 5.85. The van der Waals surface area contributed by atoms with E-state index in [0.29, 0.717) is 18.8 Å². The zero-order valence-electron chi connectivity index (χ0n) is 21.1. The highest BCUT2D eigenvalue weighted by molar-refractivity contribution is 5.78. The van der Waals surface area contributed by atoms with E-state index in [1.807, 2.05) is 59.3 Å². The maximum absolute atomic E-state index is 13.1. The Morgan fingerprint density at radius 3 is 2.50 bits per heavy atom. The van der Waals surface area contributed by atoms with Crippen LogP contribution >= 0.6 is 0 Å². The Morgan fingerprint density at radius 2 is 1.78 bits per heavy atom. The minimum atomic E-state index is -1.28. The zero-order valence-corrected chi connectivity index (χ0v) is 21.1. The molecule has 7 nitrogen and oxygen atoms in total. The van der Waals surface area contributed by atoms with Crippen LogP contribution in [0.5, 0.6) is 5.75 Å². The Bertz CT molecular complexity index is 1400. The number of nitrogens with zero attached hydrogens (tertiary/aromatic N) is 3. The number of imidazole rings is 1. The molecular weight excluding hydrogens is 454 g/mol. The van der Waals surface area contributed by atoms with Crippen LogP contribution in [0, 0.1) is 0 Å².